The molecule has 1 unspecified atom stereocenters. The van der Waals surface area contributed by atoms with E-state index in [2.05, 4.69) is 14.9 Å². The highest BCUT2D eigenvalue weighted by Gasteiger charge is 2.25. The van der Waals surface area contributed by atoms with E-state index in [1.165, 1.54) is 11.1 Å². The summed E-state index contributed by atoms with van der Waals surface area (Å²) in [7, 11) is 0. The van der Waals surface area contributed by atoms with Gasteiger partial charge in [-0.2, -0.15) is 9.78 Å². The normalized spacial score (nSPS) is 20.8. The van der Waals surface area contributed by atoms with Crippen LogP contribution >= 0.6 is 23.2 Å². The van der Waals surface area contributed by atoms with Gasteiger partial charge in [-0.3, -0.25) is 9.69 Å². The van der Waals surface area contributed by atoms with E-state index in [0.29, 0.717) is 16.6 Å². The van der Waals surface area contributed by atoms with Crippen molar-refractivity contribution in [3.8, 4) is 5.69 Å². The van der Waals surface area contributed by atoms with Crippen molar-refractivity contribution in [1.29, 1.82) is 0 Å². The van der Waals surface area contributed by atoms with E-state index in [9.17, 15) is 4.79 Å². The number of hydrogen-bond acceptors (Lipinski definition) is 5. The summed E-state index contributed by atoms with van der Waals surface area (Å²) in [4.78, 5) is 17.6. The van der Waals surface area contributed by atoms with Crippen LogP contribution in [-0.2, 0) is 4.74 Å². The standard InChI is InChI=1S/C21H26Cl2N4O2/c1-15-4-5-17(11-18(15)22)27-21(28)20(23)19(12-24-27)26-6-2-3-16(14-26)13-25-7-9-29-10-8-25/h4-5,11-12,16H,2-3,6-10,13-14H2,1H3. The summed E-state index contributed by atoms with van der Waals surface area (Å²) in [5, 5.41) is 5.20. The van der Waals surface area contributed by atoms with Crippen molar-refractivity contribution < 1.29 is 4.74 Å². The maximum absolute atomic E-state index is 12.9. The van der Waals surface area contributed by atoms with Crippen LogP contribution in [0.2, 0.25) is 10.0 Å². The van der Waals surface area contributed by atoms with Crippen LogP contribution in [0.4, 0.5) is 5.69 Å². The maximum atomic E-state index is 12.9. The molecule has 29 heavy (non-hydrogen) atoms. The first-order valence-corrected chi connectivity index (χ1v) is 10.9. The summed E-state index contributed by atoms with van der Waals surface area (Å²) in [5.74, 6) is 0.552. The van der Waals surface area contributed by atoms with Crippen LogP contribution in [0.5, 0.6) is 0 Å². The lowest BCUT2D eigenvalue weighted by Gasteiger charge is -2.37. The molecule has 2 aromatic rings. The predicted molar refractivity (Wildman–Crippen MR) is 117 cm³/mol. The van der Waals surface area contributed by atoms with Crippen LogP contribution in [0, 0.1) is 12.8 Å². The molecule has 0 amide bonds. The lowest BCUT2D eigenvalue weighted by Crippen LogP contribution is -2.45. The average Bonchev–Trinajstić information content (AvgIpc) is 2.73. The fourth-order valence-corrected chi connectivity index (χ4v) is 4.55. The third-order valence-corrected chi connectivity index (χ3v) is 6.54. The number of hydrogen-bond donors (Lipinski definition) is 0. The Hall–Kier alpha value is -1.60. The summed E-state index contributed by atoms with van der Waals surface area (Å²) in [5.41, 5.74) is 1.96. The van der Waals surface area contributed by atoms with Gasteiger partial charge in [0.1, 0.15) is 5.02 Å². The number of morpholine rings is 1. The molecule has 0 saturated carbocycles. The molecule has 2 aliphatic heterocycles. The smallest absolute Gasteiger partial charge is 0.292 e. The predicted octanol–water partition coefficient (Wildman–Crippen LogP) is 3.40. The number of anilines is 1. The third kappa shape index (κ3) is 4.61. The summed E-state index contributed by atoms with van der Waals surface area (Å²) < 4.78 is 6.76. The van der Waals surface area contributed by atoms with Gasteiger partial charge >= 0.3 is 0 Å². The monoisotopic (exact) mass is 436 g/mol. The number of aryl methyl sites for hydroxylation is 1. The van der Waals surface area contributed by atoms with Gasteiger partial charge in [0.2, 0.25) is 0 Å². The van der Waals surface area contributed by atoms with Crippen molar-refractivity contribution in [3.05, 3.63) is 50.4 Å². The first kappa shape index (κ1) is 20.7. The van der Waals surface area contributed by atoms with E-state index in [1.807, 2.05) is 19.1 Å². The van der Waals surface area contributed by atoms with Crippen LogP contribution in [0.15, 0.2) is 29.2 Å². The number of rotatable bonds is 4. The highest BCUT2D eigenvalue weighted by molar-refractivity contribution is 6.33. The zero-order valence-electron chi connectivity index (χ0n) is 16.6. The second kappa shape index (κ2) is 9.04. The Kier molecular flexibility index (Phi) is 6.44. The van der Waals surface area contributed by atoms with E-state index >= 15 is 0 Å². The van der Waals surface area contributed by atoms with E-state index in [-0.39, 0.29) is 10.6 Å². The number of nitrogens with zero attached hydrogens (tertiary/aromatic N) is 4. The van der Waals surface area contributed by atoms with Gasteiger partial charge in [0.15, 0.2) is 0 Å². The van der Waals surface area contributed by atoms with Gasteiger partial charge < -0.3 is 9.64 Å². The molecule has 2 aliphatic rings. The SMILES string of the molecule is Cc1ccc(-n2ncc(N3CCCC(CN4CCOCC4)C3)c(Cl)c2=O)cc1Cl. The number of aromatic nitrogens is 2. The van der Waals surface area contributed by atoms with E-state index in [4.69, 9.17) is 27.9 Å². The molecule has 1 aromatic carbocycles. The van der Waals surface area contributed by atoms with E-state index in [0.717, 1.165) is 63.6 Å². The highest BCUT2D eigenvalue weighted by atomic mass is 35.5. The molecular weight excluding hydrogens is 411 g/mol. The Bertz CT molecular complexity index is 927. The van der Waals surface area contributed by atoms with E-state index in [1.54, 1.807) is 12.3 Å². The molecule has 0 radical (unpaired) electrons. The summed E-state index contributed by atoms with van der Waals surface area (Å²) >= 11 is 12.7. The Morgan fingerprint density at radius 1 is 1.21 bits per heavy atom. The molecule has 1 aromatic heterocycles. The van der Waals surface area contributed by atoms with Crippen LogP contribution in [0.1, 0.15) is 18.4 Å². The molecule has 0 aliphatic carbocycles. The Labute approximate surface area is 181 Å². The summed E-state index contributed by atoms with van der Waals surface area (Å²) in [6, 6.07) is 5.43. The van der Waals surface area contributed by atoms with Crippen LogP contribution in [0.25, 0.3) is 5.69 Å². The zero-order valence-corrected chi connectivity index (χ0v) is 18.1. The van der Waals surface area contributed by atoms with Gasteiger partial charge in [0.05, 0.1) is 30.8 Å². The second-order valence-corrected chi connectivity index (χ2v) is 8.65. The molecule has 1 atom stereocenters. The van der Waals surface area contributed by atoms with Gasteiger partial charge in [-0.15, -0.1) is 0 Å². The summed E-state index contributed by atoms with van der Waals surface area (Å²) in [6.45, 7) is 8.37. The first-order chi connectivity index (χ1) is 14.0. The van der Waals surface area contributed by atoms with Crippen molar-refractivity contribution in [3.63, 3.8) is 0 Å². The summed E-state index contributed by atoms with van der Waals surface area (Å²) in [6.07, 6.45) is 3.98. The Morgan fingerprint density at radius 2 is 2.00 bits per heavy atom. The second-order valence-electron chi connectivity index (χ2n) is 7.86. The van der Waals surface area contributed by atoms with Gasteiger partial charge in [0.25, 0.3) is 5.56 Å². The fraction of sp³-hybridized carbons (Fsp3) is 0.524. The minimum atomic E-state index is -0.320. The van der Waals surface area contributed by atoms with Crippen molar-refractivity contribution in [1.82, 2.24) is 14.7 Å². The molecule has 0 N–H and O–H groups in total. The van der Waals surface area contributed by atoms with Crippen LogP contribution in [-0.4, -0.2) is 60.6 Å². The van der Waals surface area contributed by atoms with E-state index < -0.39 is 0 Å². The number of benzene rings is 1. The molecule has 0 spiro atoms. The number of halogens is 2. The third-order valence-electron chi connectivity index (χ3n) is 5.78. The molecule has 0 bridgehead atoms. The molecular formula is C21H26Cl2N4O2. The molecule has 156 valence electrons. The first-order valence-electron chi connectivity index (χ1n) is 10.1. The zero-order chi connectivity index (χ0) is 20.4. The van der Waals surface area contributed by atoms with Gasteiger partial charge in [0, 0.05) is 37.7 Å². The Morgan fingerprint density at radius 3 is 2.76 bits per heavy atom. The van der Waals surface area contributed by atoms with Crippen molar-refractivity contribution in [2.75, 3.05) is 50.8 Å². The van der Waals surface area contributed by atoms with Crippen molar-refractivity contribution in [2.24, 2.45) is 5.92 Å². The fourth-order valence-electron chi connectivity index (χ4n) is 4.12. The number of ether oxygens (including phenoxy) is 1. The number of piperidine rings is 1. The minimum Gasteiger partial charge on any atom is -0.379 e. The van der Waals surface area contributed by atoms with Gasteiger partial charge in [-0.05, 0) is 43.4 Å². The van der Waals surface area contributed by atoms with Crippen LogP contribution in [0.3, 0.4) is 0 Å². The van der Waals surface area contributed by atoms with Gasteiger partial charge in [-0.25, -0.2) is 0 Å². The van der Waals surface area contributed by atoms with Gasteiger partial charge in [-0.1, -0.05) is 29.3 Å². The molecule has 8 heteroatoms. The average molecular weight is 437 g/mol. The highest BCUT2D eigenvalue weighted by Crippen LogP contribution is 2.28. The van der Waals surface area contributed by atoms with Crippen molar-refractivity contribution >= 4 is 28.9 Å². The largest absolute Gasteiger partial charge is 0.379 e. The molecule has 3 heterocycles. The minimum absolute atomic E-state index is 0.212. The molecule has 2 fully saturated rings. The van der Waals surface area contributed by atoms with Crippen LogP contribution < -0.4 is 10.5 Å². The van der Waals surface area contributed by atoms with Crippen molar-refractivity contribution in [2.45, 2.75) is 19.8 Å². The molecule has 4 rings (SSSR count). The lowest BCUT2D eigenvalue weighted by molar-refractivity contribution is 0.0296. The quantitative estimate of drug-likeness (QED) is 0.734. The lowest BCUT2D eigenvalue weighted by atomic mass is 9.97. The topological polar surface area (TPSA) is 50.6 Å². The Balaban J connectivity index is 1.53. The maximum Gasteiger partial charge on any atom is 0.292 e. The molecule has 2 saturated heterocycles. The molecule has 6 nitrogen and oxygen atoms in total.